The summed E-state index contributed by atoms with van der Waals surface area (Å²) in [6.07, 6.45) is 7.93. The molecule has 3 aromatic rings. The molecule has 8 heteroatoms. The van der Waals surface area contributed by atoms with Gasteiger partial charge in [-0.2, -0.15) is 5.10 Å². The molecule has 0 spiro atoms. The SMILES string of the molecule is Cc1nccn1CCCNC(=O)c1cccc(-c2cnn([C@H](C)C(N)=O)c2)c1. The van der Waals surface area contributed by atoms with Crippen LogP contribution in [0.25, 0.3) is 11.1 Å². The summed E-state index contributed by atoms with van der Waals surface area (Å²) in [4.78, 5) is 27.9. The highest BCUT2D eigenvalue weighted by atomic mass is 16.2. The van der Waals surface area contributed by atoms with E-state index in [9.17, 15) is 9.59 Å². The molecule has 1 aromatic carbocycles. The van der Waals surface area contributed by atoms with Crippen LogP contribution >= 0.6 is 0 Å². The van der Waals surface area contributed by atoms with Crippen LogP contribution in [0.3, 0.4) is 0 Å². The van der Waals surface area contributed by atoms with Crippen LogP contribution in [0.4, 0.5) is 0 Å². The Labute approximate surface area is 163 Å². The smallest absolute Gasteiger partial charge is 0.251 e. The van der Waals surface area contributed by atoms with Crippen LogP contribution < -0.4 is 11.1 Å². The van der Waals surface area contributed by atoms with Gasteiger partial charge in [0.15, 0.2) is 0 Å². The first-order valence-electron chi connectivity index (χ1n) is 9.15. The normalized spacial score (nSPS) is 11.9. The minimum atomic E-state index is -0.528. The molecule has 0 aliphatic rings. The number of benzene rings is 1. The number of amides is 2. The van der Waals surface area contributed by atoms with Crippen LogP contribution in [0.1, 0.15) is 35.6 Å². The lowest BCUT2D eigenvalue weighted by molar-refractivity contribution is -0.120. The Kier molecular flexibility index (Phi) is 5.88. The molecule has 28 heavy (non-hydrogen) atoms. The van der Waals surface area contributed by atoms with E-state index in [2.05, 4.69) is 20.0 Å². The highest BCUT2D eigenvalue weighted by molar-refractivity contribution is 5.95. The number of carbonyl (C=O) groups is 2. The first-order chi connectivity index (χ1) is 13.5. The van der Waals surface area contributed by atoms with Crippen molar-refractivity contribution in [3.63, 3.8) is 0 Å². The van der Waals surface area contributed by atoms with Crippen molar-refractivity contribution < 1.29 is 9.59 Å². The molecule has 146 valence electrons. The number of primary amides is 1. The molecule has 2 aromatic heterocycles. The summed E-state index contributed by atoms with van der Waals surface area (Å²) in [5.41, 5.74) is 7.56. The molecular weight excluding hydrogens is 356 g/mol. The van der Waals surface area contributed by atoms with Gasteiger partial charge in [0.05, 0.1) is 6.20 Å². The van der Waals surface area contributed by atoms with Gasteiger partial charge in [-0.3, -0.25) is 14.3 Å². The first kappa shape index (κ1) is 19.3. The van der Waals surface area contributed by atoms with Crippen molar-refractivity contribution in [2.24, 2.45) is 5.73 Å². The Hall–Kier alpha value is -3.42. The third-order valence-corrected chi connectivity index (χ3v) is 4.65. The average Bonchev–Trinajstić information content (AvgIpc) is 3.34. The Morgan fingerprint density at radius 2 is 2.11 bits per heavy atom. The lowest BCUT2D eigenvalue weighted by Gasteiger charge is -2.08. The van der Waals surface area contributed by atoms with Crippen molar-refractivity contribution in [1.29, 1.82) is 0 Å². The monoisotopic (exact) mass is 380 g/mol. The Morgan fingerprint density at radius 3 is 2.82 bits per heavy atom. The largest absolute Gasteiger partial charge is 0.368 e. The maximum absolute atomic E-state index is 12.4. The van der Waals surface area contributed by atoms with Gasteiger partial charge in [-0.1, -0.05) is 12.1 Å². The predicted molar refractivity (Wildman–Crippen MR) is 105 cm³/mol. The van der Waals surface area contributed by atoms with Crippen LogP contribution in [-0.4, -0.2) is 37.7 Å². The zero-order chi connectivity index (χ0) is 20.1. The first-order valence-corrected chi connectivity index (χ1v) is 9.15. The average molecular weight is 380 g/mol. The number of aryl methyl sites for hydroxylation is 2. The van der Waals surface area contributed by atoms with Crippen LogP contribution in [0.15, 0.2) is 49.1 Å². The van der Waals surface area contributed by atoms with Crippen molar-refractivity contribution >= 4 is 11.8 Å². The van der Waals surface area contributed by atoms with Gasteiger partial charge in [0.25, 0.3) is 5.91 Å². The zero-order valence-corrected chi connectivity index (χ0v) is 16.0. The number of aromatic nitrogens is 4. The summed E-state index contributed by atoms with van der Waals surface area (Å²) in [7, 11) is 0. The fourth-order valence-electron chi connectivity index (χ4n) is 2.86. The van der Waals surface area contributed by atoms with Gasteiger partial charge in [0.2, 0.25) is 5.91 Å². The van der Waals surface area contributed by atoms with E-state index in [-0.39, 0.29) is 5.91 Å². The van der Waals surface area contributed by atoms with Gasteiger partial charge in [-0.05, 0) is 38.0 Å². The van der Waals surface area contributed by atoms with Crippen LogP contribution in [0, 0.1) is 6.92 Å². The Bertz CT molecular complexity index is 974. The van der Waals surface area contributed by atoms with Crippen molar-refractivity contribution in [2.75, 3.05) is 6.54 Å². The molecule has 0 bridgehead atoms. The second-order valence-corrected chi connectivity index (χ2v) is 6.65. The fourth-order valence-corrected chi connectivity index (χ4v) is 2.86. The van der Waals surface area contributed by atoms with Gasteiger partial charge < -0.3 is 15.6 Å². The van der Waals surface area contributed by atoms with Gasteiger partial charge in [0, 0.05) is 42.8 Å². The van der Waals surface area contributed by atoms with Crippen molar-refractivity contribution in [3.05, 3.63) is 60.4 Å². The summed E-state index contributed by atoms with van der Waals surface area (Å²) in [6, 6.07) is 6.78. The summed E-state index contributed by atoms with van der Waals surface area (Å²) >= 11 is 0. The number of nitrogens with one attached hydrogen (secondary N) is 1. The topological polar surface area (TPSA) is 108 Å². The summed E-state index contributed by atoms with van der Waals surface area (Å²) in [5.74, 6) is 0.390. The third-order valence-electron chi connectivity index (χ3n) is 4.65. The molecule has 0 fully saturated rings. The standard InChI is InChI=1S/C20H24N6O2/c1-14(19(21)27)26-13-18(12-24-26)16-5-3-6-17(11-16)20(28)23-7-4-9-25-10-8-22-15(25)2/h3,5-6,8,10-14H,4,7,9H2,1-2H3,(H2,21,27)(H,23,28)/t14-/m1/s1. The molecule has 0 aliphatic carbocycles. The van der Waals surface area contributed by atoms with E-state index in [0.717, 1.165) is 29.9 Å². The molecule has 0 radical (unpaired) electrons. The fraction of sp³-hybridized carbons (Fsp3) is 0.300. The molecule has 0 aliphatic heterocycles. The molecule has 0 unspecified atom stereocenters. The van der Waals surface area contributed by atoms with Gasteiger partial charge in [0.1, 0.15) is 11.9 Å². The molecule has 3 N–H and O–H groups in total. The van der Waals surface area contributed by atoms with E-state index >= 15 is 0 Å². The summed E-state index contributed by atoms with van der Waals surface area (Å²) in [5, 5.41) is 7.13. The van der Waals surface area contributed by atoms with Gasteiger partial charge >= 0.3 is 0 Å². The second-order valence-electron chi connectivity index (χ2n) is 6.65. The van der Waals surface area contributed by atoms with Gasteiger partial charge in [-0.25, -0.2) is 4.98 Å². The molecule has 3 rings (SSSR count). The number of hydrogen-bond acceptors (Lipinski definition) is 4. The van der Waals surface area contributed by atoms with E-state index in [1.807, 2.05) is 31.3 Å². The lowest BCUT2D eigenvalue weighted by atomic mass is 10.1. The molecule has 1 atom stereocenters. The molecule has 2 heterocycles. The number of rotatable bonds is 8. The van der Waals surface area contributed by atoms with E-state index in [0.29, 0.717) is 12.1 Å². The molecule has 0 saturated carbocycles. The number of nitrogens with two attached hydrogens (primary N) is 1. The summed E-state index contributed by atoms with van der Waals surface area (Å²) in [6.45, 7) is 5.03. The van der Waals surface area contributed by atoms with Crippen LogP contribution in [0.2, 0.25) is 0 Å². The number of carbonyl (C=O) groups excluding carboxylic acids is 2. The molecule has 2 amide bonds. The Balaban J connectivity index is 1.60. The molecule has 8 nitrogen and oxygen atoms in total. The van der Waals surface area contributed by atoms with E-state index < -0.39 is 11.9 Å². The number of hydrogen-bond donors (Lipinski definition) is 2. The quantitative estimate of drug-likeness (QED) is 0.582. The van der Waals surface area contributed by atoms with Crippen molar-refractivity contribution in [1.82, 2.24) is 24.6 Å². The minimum Gasteiger partial charge on any atom is -0.368 e. The highest BCUT2D eigenvalue weighted by Crippen LogP contribution is 2.21. The lowest BCUT2D eigenvalue weighted by Crippen LogP contribution is -2.25. The van der Waals surface area contributed by atoms with E-state index in [4.69, 9.17) is 5.73 Å². The molecular formula is C20H24N6O2. The van der Waals surface area contributed by atoms with Crippen molar-refractivity contribution in [2.45, 2.75) is 32.9 Å². The maximum atomic E-state index is 12.4. The third kappa shape index (κ3) is 4.46. The van der Waals surface area contributed by atoms with Crippen LogP contribution in [-0.2, 0) is 11.3 Å². The van der Waals surface area contributed by atoms with Crippen molar-refractivity contribution in [3.8, 4) is 11.1 Å². The second kappa shape index (κ2) is 8.51. The number of imidazole rings is 1. The van der Waals surface area contributed by atoms with Crippen LogP contribution in [0.5, 0.6) is 0 Å². The maximum Gasteiger partial charge on any atom is 0.251 e. The van der Waals surface area contributed by atoms with E-state index in [1.54, 1.807) is 31.6 Å². The van der Waals surface area contributed by atoms with E-state index in [1.165, 1.54) is 4.68 Å². The minimum absolute atomic E-state index is 0.123. The number of nitrogens with zero attached hydrogens (tertiary/aromatic N) is 4. The predicted octanol–water partition coefficient (Wildman–Crippen LogP) is 1.92. The summed E-state index contributed by atoms with van der Waals surface area (Å²) < 4.78 is 3.57. The molecule has 0 saturated heterocycles. The highest BCUT2D eigenvalue weighted by Gasteiger charge is 2.13. The zero-order valence-electron chi connectivity index (χ0n) is 16.0. The van der Waals surface area contributed by atoms with Gasteiger partial charge in [-0.15, -0.1) is 0 Å². The Morgan fingerprint density at radius 1 is 1.29 bits per heavy atom.